The van der Waals surface area contributed by atoms with Crippen LogP contribution in [-0.2, 0) is 4.74 Å². The maximum Gasteiger partial charge on any atom is 0.410 e. The van der Waals surface area contributed by atoms with Crippen molar-refractivity contribution in [1.82, 2.24) is 14.9 Å². The van der Waals surface area contributed by atoms with Gasteiger partial charge in [0.05, 0.1) is 35.0 Å². The molecule has 1 aromatic carbocycles. The van der Waals surface area contributed by atoms with Crippen LogP contribution in [0.4, 0.5) is 20.7 Å². The highest BCUT2D eigenvalue weighted by Gasteiger charge is 2.51. The molecule has 162 valence electrons. The minimum absolute atomic E-state index is 0.0574. The first-order chi connectivity index (χ1) is 14.9. The lowest BCUT2D eigenvalue weighted by Crippen LogP contribution is -2.40. The van der Waals surface area contributed by atoms with Crippen LogP contribution in [0.25, 0.3) is 0 Å². The highest BCUT2D eigenvalue weighted by Crippen LogP contribution is 2.40. The second-order valence-electron chi connectivity index (χ2n) is 8.11. The topological polar surface area (TPSA) is 100 Å². The third kappa shape index (κ3) is 4.10. The van der Waals surface area contributed by atoms with Gasteiger partial charge in [-0.1, -0.05) is 0 Å². The molecule has 2 aliphatic rings. The highest BCUT2D eigenvalue weighted by atomic mass is 19.1. The number of amides is 1. The van der Waals surface area contributed by atoms with Gasteiger partial charge >= 0.3 is 6.09 Å². The molecule has 0 spiro atoms. The van der Waals surface area contributed by atoms with Gasteiger partial charge in [0.2, 0.25) is 5.88 Å². The van der Waals surface area contributed by atoms with E-state index in [1.807, 2.05) is 19.9 Å². The summed E-state index contributed by atoms with van der Waals surface area (Å²) in [6.45, 7) is 5.45. The number of halogens is 1. The Labute approximate surface area is 180 Å². The number of rotatable bonds is 5. The van der Waals surface area contributed by atoms with Crippen molar-refractivity contribution < 1.29 is 18.7 Å². The molecule has 3 atom stereocenters. The van der Waals surface area contributed by atoms with Crippen molar-refractivity contribution in [3.8, 4) is 11.9 Å². The summed E-state index contributed by atoms with van der Waals surface area (Å²) in [6.07, 6.45) is 3.20. The van der Waals surface area contributed by atoms with Gasteiger partial charge in [0.25, 0.3) is 0 Å². The van der Waals surface area contributed by atoms with Crippen molar-refractivity contribution in [3.63, 3.8) is 0 Å². The molecule has 8 nitrogen and oxygen atoms in total. The summed E-state index contributed by atoms with van der Waals surface area (Å²) < 4.78 is 25.8. The van der Waals surface area contributed by atoms with Crippen LogP contribution in [0.3, 0.4) is 0 Å². The number of benzene rings is 1. The Morgan fingerprint density at radius 2 is 2.16 bits per heavy atom. The Balaban J connectivity index is 1.49. The number of hydrogen-bond acceptors (Lipinski definition) is 7. The van der Waals surface area contributed by atoms with Crippen molar-refractivity contribution in [2.45, 2.75) is 64.3 Å². The van der Waals surface area contributed by atoms with Crippen molar-refractivity contribution in [2.24, 2.45) is 0 Å². The zero-order valence-corrected chi connectivity index (χ0v) is 17.6. The van der Waals surface area contributed by atoms with E-state index in [4.69, 9.17) is 14.7 Å². The summed E-state index contributed by atoms with van der Waals surface area (Å²) in [4.78, 5) is 22.7. The molecular formula is C22H24FN5O3. The third-order valence-corrected chi connectivity index (χ3v) is 5.68. The predicted molar refractivity (Wildman–Crippen MR) is 110 cm³/mol. The predicted octanol–water partition coefficient (Wildman–Crippen LogP) is 4.07. The standard InChI is InChI=1S/C22H24FN5O3/c1-12(2)30-22(29)28-15-5-7-18(28)19(9-15)31-21-13(3)20(25-11-26-21)27-17-6-4-14(10-24)8-16(17)23/h4,6,8,11-12,15,18-19H,5,7,9H2,1-3H3,(H,25,26,27)/t15?,18?,19-/m0/s1. The molecule has 0 saturated carbocycles. The molecule has 3 heterocycles. The summed E-state index contributed by atoms with van der Waals surface area (Å²) >= 11 is 0. The lowest BCUT2D eigenvalue weighted by molar-refractivity contribution is 0.0641. The molecule has 2 fully saturated rings. The maximum absolute atomic E-state index is 14.3. The largest absolute Gasteiger partial charge is 0.472 e. The zero-order chi connectivity index (χ0) is 22.1. The number of hydrogen-bond donors (Lipinski definition) is 1. The molecule has 2 bridgehead atoms. The van der Waals surface area contributed by atoms with E-state index in [0.29, 0.717) is 23.7 Å². The zero-order valence-electron chi connectivity index (χ0n) is 17.6. The van der Waals surface area contributed by atoms with Gasteiger partial charge in [0.1, 0.15) is 24.1 Å². The van der Waals surface area contributed by atoms with E-state index in [9.17, 15) is 9.18 Å². The molecular weight excluding hydrogens is 401 g/mol. The molecule has 1 aromatic heterocycles. The molecule has 2 aromatic rings. The average Bonchev–Trinajstić information content (AvgIpc) is 3.29. The number of ether oxygens (including phenoxy) is 2. The number of nitrogens with one attached hydrogen (secondary N) is 1. The fraction of sp³-hybridized carbons (Fsp3) is 0.455. The Bertz CT molecular complexity index is 1040. The van der Waals surface area contributed by atoms with Gasteiger partial charge in [-0.2, -0.15) is 5.26 Å². The first-order valence-corrected chi connectivity index (χ1v) is 10.3. The van der Waals surface area contributed by atoms with Crippen LogP contribution in [0.2, 0.25) is 0 Å². The van der Waals surface area contributed by atoms with Gasteiger partial charge in [-0.05, 0) is 51.8 Å². The van der Waals surface area contributed by atoms with Crippen LogP contribution < -0.4 is 10.1 Å². The number of carbonyl (C=O) groups is 1. The van der Waals surface area contributed by atoms with Crippen LogP contribution in [0.1, 0.15) is 44.2 Å². The Kier molecular flexibility index (Phi) is 5.63. The van der Waals surface area contributed by atoms with Gasteiger partial charge in [-0.3, -0.25) is 4.90 Å². The molecule has 31 heavy (non-hydrogen) atoms. The molecule has 1 amide bonds. The van der Waals surface area contributed by atoms with E-state index in [1.165, 1.54) is 18.5 Å². The van der Waals surface area contributed by atoms with E-state index in [0.717, 1.165) is 18.9 Å². The number of aromatic nitrogens is 2. The smallest absolute Gasteiger partial charge is 0.410 e. The number of fused-ring (bicyclic) bond motifs is 2. The summed E-state index contributed by atoms with van der Waals surface area (Å²) in [7, 11) is 0. The van der Waals surface area contributed by atoms with E-state index < -0.39 is 5.82 Å². The van der Waals surface area contributed by atoms with E-state index in [2.05, 4.69) is 15.3 Å². The molecule has 2 saturated heterocycles. The molecule has 2 unspecified atom stereocenters. The van der Waals surface area contributed by atoms with Crippen molar-refractivity contribution in [1.29, 1.82) is 5.26 Å². The van der Waals surface area contributed by atoms with Crippen molar-refractivity contribution in [2.75, 3.05) is 5.32 Å². The lowest BCUT2D eigenvalue weighted by Gasteiger charge is -2.25. The van der Waals surface area contributed by atoms with Crippen molar-refractivity contribution >= 4 is 17.6 Å². The fourth-order valence-corrected chi connectivity index (χ4v) is 4.24. The third-order valence-electron chi connectivity index (χ3n) is 5.68. The second kappa shape index (κ2) is 8.38. The summed E-state index contributed by atoms with van der Waals surface area (Å²) in [6, 6.07) is 6.13. The minimum atomic E-state index is -0.549. The Morgan fingerprint density at radius 3 is 2.87 bits per heavy atom. The summed E-state index contributed by atoms with van der Waals surface area (Å²) in [5.41, 5.74) is 1.07. The molecule has 4 rings (SSSR count). The summed E-state index contributed by atoms with van der Waals surface area (Å²) in [5, 5.41) is 11.8. The second-order valence-corrected chi connectivity index (χ2v) is 8.11. The summed E-state index contributed by atoms with van der Waals surface area (Å²) in [5.74, 6) is 0.251. The molecule has 0 aliphatic carbocycles. The Hall–Kier alpha value is -3.41. The van der Waals surface area contributed by atoms with Crippen LogP contribution in [0.15, 0.2) is 24.5 Å². The molecule has 9 heteroatoms. The highest BCUT2D eigenvalue weighted by molar-refractivity contribution is 5.70. The number of nitriles is 1. The fourth-order valence-electron chi connectivity index (χ4n) is 4.24. The van der Waals surface area contributed by atoms with Crippen LogP contribution >= 0.6 is 0 Å². The first-order valence-electron chi connectivity index (χ1n) is 10.3. The normalized spacial score (nSPS) is 21.8. The average molecular weight is 425 g/mol. The van der Waals surface area contributed by atoms with E-state index in [1.54, 1.807) is 11.8 Å². The monoisotopic (exact) mass is 425 g/mol. The van der Waals surface area contributed by atoms with Crippen LogP contribution in [0.5, 0.6) is 5.88 Å². The maximum atomic E-state index is 14.3. The molecule has 1 N–H and O–H groups in total. The Morgan fingerprint density at radius 1 is 1.35 bits per heavy atom. The van der Waals surface area contributed by atoms with Gasteiger partial charge in [-0.15, -0.1) is 0 Å². The number of carbonyl (C=O) groups excluding carboxylic acids is 1. The minimum Gasteiger partial charge on any atom is -0.472 e. The van der Waals surface area contributed by atoms with Gasteiger partial charge in [0.15, 0.2) is 0 Å². The lowest BCUT2D eigenvalue weighted by atomic mass is 9.98. The van der Waals surface area contributed by atoms with E-state index in [-0.39, 0.29) is 41.6 Å². The number of anilines is 2. The van der Waals surface area contributed by atoms with Crippen LogP contribution in [-0.4, -0.2) is 45.3 Å². The van der Waals surface area contributed by atoms with Crippen LogP contribution in [0, 0.1) is 24.1 Å². The molecule has 2 aliphatic heterocycles. The van der Waals surface area contributed by atoms with Crippen molar-refractivity contribution in [3.05, 3.63) is 41.5 Å². The SMILES string of the molecule is Cc1c(Nc2ccc(C#N)cc2F)ncnc1O[C@H]1CC2CCC1N2C(=O)OC(C)C. The first kappa shape index (κ1) is 20.8. The van der Waals surface area contributed by atoms with Gasteiger partial charge in [-0.25, -0.2) is 19.2 Å². The molecule has 0 radical (unpaired) electrons. The van der Waals surface area contributed by atoms with Gasteiger partial charge in [0, 0.05) is 12.5 Å². The van der Waals surface area contributed by atoms with E-state index >= 15 is 0 Å². The number of nitrogens with zero attached hydrogens (tertiary/aromatic N) is 4. The quantitative estimate of drug-likeness (QED) is 0.771. The van der Waals surface area contributed by atoms with Gasteiger partial charge < -0.3 is 14.8 Å².